The fourth-order valence-corrected chi connectivity index (χ4v) is 2.46. The van der Waals surface area contributed by atoms with Crippen LogP contribution in [0, 0.1) is 6.92 Å². The molecular weight excluding hydrogens is 360 g/mol. The number of aromatic hydroxyl groups is 2. The molecule has 0 amide bonds. The Labute approximate surface area is 175 Å². The molecule has 29 heavy (non-hydrogen) atoms. The van der Waals surface area contributed by atoms with E-state index in [9.17, 15) is 15.0 Å². The van der Waals surface area contributed by atoms with E-state index in [-0.39, 0.29) is 30.1 Å². The molecule has 0 aliphatic heterocycles. The van der Waals surface area contributed by atoms with E-state index in [0.29, 0.717) is 0 Å². The molecule has 0 saturated carbocycles. The summed E-state index contributed by atoms with van der Waals surface area (Å²) in [6, 6.07) is 24.7. The first-order chi connectivity index (χ1) is 13.1. The second kappa shape index (κ2) is 12.4. The maximum absolute atomic E-state index is 9.44. The van der Waals surface area contributed by atoms with Gasteiger partial charge in [0.25, 0.3) is 0 Å². The largest absolute Gasteiger partial charge is 0.508 e. The zero-order valence-electron chi connectivity index (χ0n) is 17.3. The molecule has 0 bridgehead atoms. The third-order valence-corrected chi connectivity index (χ3v) is 4.12. The Morgan fingerprint density at radius 2 is 1.00 bits per heavy atom. The molecule has 0 fully saturated rings. The quantitative estimate of drug-likeness (QED) is 0.511. The number of ketones is 1. The molecule has 0 aliphatic carbocycles. The number of hydrogen-bond donors (Lipinski definition) is 2. The summed E-state index contributed by atoms with van der Waals surface area (Å²) in [5, 5.41) is 18.6. The minimum atomic E-state index is -0.151. The number of aryl methyl sites for hydroxylation is 1. The molecule has 0 saturated heterocycles. The molecule has 3 heteroatoms. The molecule has 3 nitrogen and oxygen atoms in total. The van der Waals surface area contributed by atoms with Crippen molar-refractivity contribution in [2.45, 2.75) is 47.5 Å². The highest BCUT2D eigenvalue weighted by molar-refractivity contribution is 5.72. The highest BCUT2D eigenvalue weighted by atomic mass is 16.3. The van der Waals surface area contributed by atoms with Crippen LogP contribution in [0.25, 0.3) is 0 Å². The minimum absolute atomic E-state index is 0. The van der Waals surface area contributed by atoms with Crippen molar-refractivity contribution in [2.75, 3.05) is 0 Å². The number of Topliss-reactive ketones (excluding diaryl/α,β-unsaturated/α-hetero) is 1. The summed E-state index contributed by atoms with van der Waals surface area (Å²) < 4.78 is 0. The molecule has 0 aliphatic rings. The van der Waals surface area contributed by atoms with Crippen LogP contribution in [0.4, 0.5) is 0 Å². The van der Waals surface area contributed by atoms with Crippen LogP contribution in [0.15, 0.2) is 78.9 Å². The molecule has 3 rings (SSSR count). The van der Waals surface area contributed by atoms with Gasteiger partial charge in [0.05, 0.1) is 0 Å². The summed E-state index contributed by atoms with van der Waals surface area (Å²) in [6.07, 6.45) is 0. The van der Waals surface area contributed by atoms with Gasteiger partial charge in [-0.3, -0.25) is 0 Å². The molecule has 0 aromatic heterocycles. The maximum Gasteiger partial charge on any atom is 0.126 e. The Balaban J connectivity index is 0.000000543. The molecule has 0 heterocycles. The summed E-state index contributed by atoms with van der Waals surface area (Å²) >= 11 is 0. The standard InChI is InChI=1S/C15H16O2.C7H8.C3H6O.CH4/c1-15(2,11-3-7-13(16)8-4-11)12-5-9-14(17)10-6-12;1-7-5-3-2-4-6-7;1-3(2)4;/h3-10,16-17H,1-2H3;2-6H,1H3;1-2H3;1H4. The molecule has 0 atom stereocenters. The first kappa shape index (κ1) is 25.9. The van der Waals surface area contributed by atoms with Crippen LogP contribution in [0.5, 0.6) is 11.5 Å². The first-order valence-corrected chi connectivity index (χ1v) is 9.20. The number of benzene rings is 3. The van der Waals surface area contributed by atoms with Gasteiger partial charge in [0.1, 0.15) is 17.3 Å². The summed E-state index contributed by atoms with van der Waals surface area (Å²) in [7, 11) is 0. The van der Waals surface area contributed by atoms with Crippen LogP contribution in [0.1, 0.15) is 51.8 Å². The number of carbonyl (C=O) groups is 1. The van der Waals surface area contributed by atoms with Crippen molar-refractivity contribution in [1.82, 2.24) is 0 Å². The SMILES string of the molecule is C.CC(C)(c1ccc(O)cc1)c1ccc(O)cc1.CC(C)=O.Cc1ccccc1. The second-order valence-corrected chi connectivity index (χ2v) is 7.28. The Hall–Kier alpha value is -3.07. The van der Waals surface area contributed by atoms with Gasteiger partial charge in [0.2, 0.25) is 0 Å². The van der Waals surface area contributed by atoms with Crippen LogP contribution in [0.3, 0.4) is 0 Å². The lowest BCUT2D eigenvalue weighted by Crippen LogP contribution is -2.18. The number of rotatable bonds is 2. The Bertz CT molecular complexity index is 782. The normalized spacial score (nSPS) is 9.69. The van der Waals surface area contributed by atoms with Gasteiger partial charge in [-0.2, -0.15) is 0 Å². The highest BCUT2D eigenvalue weighted by Gasteiger charge is 2.22. The summed E-state index contributed by atoms with van der Waals surface area (Å²) in [4.78, 5) is 9.44. The van der Waals surface area contributed by atoms with E-state index in [2.05, 4.69) is 32.9 Å². The third kappa shape index (κ3) is 9.61. The van der Waals surface area contributed by atoms with Crippen molar-refractivity contribution in [3.8, 4) is 11.5 Å². The lowest BCUT2D eigenvalue weighted by molar-refractivity contribution is -0.114. The number of phenolic OH excluding ortho intramolecular Hbond substituents is 2. The molecule has 0 spiro atoms. The van der Waals surface area contributed by atoms with Crippen LogP contribution in [0.2, 0.25) is 0 Å². The van der Waals surface area contributed by atoms with Gasteiger partial charge in [0, 0.05) is 5.41 Å². The van der Waals surface area contributed by atoms with E-state index in [1.54, 1.807) is 24.3 Å². The average Bonchev–Trinajstić information content (AvgIpc) is 2.63. The van der Waals surface area contributed by atoms with Gasteiger partial charge >= 0.3 is 0 Å². The van der Waals surface area contributed by atoms with Gasteiger partial charge in [-0.25, -0.2) is 0 Å². The van der Waals surface area contributed by atoms with E-state index < -0.39 is 0 Å². The van der Waals surface area contributed by atoms with Gasteiger partial charge in [-0.15, -0.1) is 0 Å². The Morgan fingerprint density at radius 1 is 0.690 bits per heavy atom. The van der Waals surface area contributed by atoms with Crippen LogP contribution in [-0.2, 0) is 10.2 Å². The molecule has 156 valence electrons. The van der Waals surface area contributed by atoms with Crippen molar-refractivity contribution in [3.63, 3.8) is 0 Å². The van der Waals surface area contributed by atoms with E-state index in [1.165, 1.54) is 19.4 Å². The lowest BCUT2D eigenvalue weighted by atomic mass is 9.78. The van der Waals surface area contributed by atoms with Gasteiger partial charge in [-0.05, 0) is 56.2 Å². The average molecular weight is 395 g/mol. The first-order valence-electron chi connectivity index (χ1n) is 9.20. The molecular formula is C26H34O3. The number of hydrogen-bond acceptors (Lipinski definition) is 3. The number of phenols is 2. The van der Waals surface area contributed by atoms with Gasteiger partial charge in [-0.1, -0.05) is 81.4 Å². The summed E-state index contributed by atoms with van der Waals surface area (Å²) in [5.41, 5.74) is 3.42. The summed E-state index contributed by atoms with van der Waals surface area (Å²) in [6.45, 7) is 9.37. The monoisotopic (exact) mass is 394 g/mol. The molecule has 0 radical (unpaired) electrons. The fraction of sp³-hybridized carbons (Fsp3) is 0.269. The van der Waals surface area contributed by atoms with E-state index in [1.807, 2.05) is 42.5 Å². The predicted octanol–water partition coefficient (Wildman–Crippen LogP) is 6.65. The third-order valence-electron chi connectivity index (χ3n) is 4.12. The zero-order valence-corrected chi connectivity index (χ0v) is 17.3. The van der Waals surface area contributed by atoms with E-state index in [0.717, 1.165) is 11.1 Å². The van der Waals surface area contributed by atoms with Crippen LogP contribution >= 0.6 is 0 Å². The predicted molar refractivity (Wildman–Crippen MR) is 123 cm³/mol. The minimum Gasteiger partial charge on any atom is -0.508 e. The van der Waals surface area contributed by atoms with Crippen molar-refractivity contribution in [3.05, 3.63) is 95.6 Å². The Kier molecular flexibility index (Phi) is 11.1. The van der Waals surface area contributed by atoms with Crippen molar-refractivity contribution < 1.29 is 15.0 Å². The lowest BCUT2D eigenvalue weighted by Gasteiger charge is -2.26. The fourth-order valence-electron chi connectivity index (χ4n) is 2.46. The van der Waals surface area contributed by atoms with Gasteiger partial charge in [0.15, 0.2) is 0 Å². The van der Waals surface area contributed by atoms with Crippen LogP contribution < -0.4 is 0 Å². The topological polar surface area (TPSA) is 57.5 Å². The number of carbonyl (C=O) groups excluding carboxylic acids is 1. The highest BCUT2D eigenvalue weighted by Crippen LogP contribution is 2.32. The molecule has 0 unspecified atom stereocenters. The van der Waals surface area contributed by atoms with Crippen LogP contribution in [-0.4, -0.2) is 16.0 Å². The van der Waals surface area contributed by atoms with Gasteiger partial charge < -0.3 is 15.0 Å². The molecule has 3 aromatic rings. The van der Waals surface area contributed by atoms with Crippen molar-refractivity contribution >= 4 is 5.78 Å². The second-order valence-electron chi connectivity index (χ2n) is 7.28. The van der Waals surface area contributed by atoms with E-state index >= 15 is 0 Å². The van der Waals surface area contributed by atoms with Crippen molar-refractivity contribution in [2.24, 2.45) is 0 Å². The maximum atomic E-state index is 9.44. The Morgan fingerprint density at radius 3 is 1.24 bits per heavy atom. The van der Waals surface area contributed by atoms with E-state index in [4.69, 9.17) is 0 Å². The molecule has 3 aromatic carbocycles. The van der Waals surface area contributed by atoms with Crippen molar-refractivity contribution in [1.29, 1.82) is 0 Å². The zero-order chi connectivity index (χ0) is 21.2. The smallest absolute Gasteiger partial charge is 0.126 e. The molecule has 2 N–H and O–H groups in total. The summed E-state index contributed by atoms with van der Waals surface area (Å²) in [5.74, 6) is 0.713.